The van der Waals surface area contributed by atoms with Crippen LogP contribution in [0.1, 0.15) is 13.3 Å². The molecule has 0 atom stereocenters. The van der Waals surface area contributed by atoms with E-state index in [9.17, 15) is 18.0 Å². The maximum atomic E-state index is 11.9. The average Bonchev–Trinajstić information content (AvgIpc) is 2.49. The van der Waals surface area contributed by atoms with Crippen LogP contribution in [0.4, 0.5) is 18.0 Å². The maximum absolute atomic E-state index is 11.9. The Balaban J connectivity index is 2.36. The van der Waals surface area contributed by atoms with Crippen LogP contribution in [0.25, 0.3) is 0 Å². The van der Waals surface area contributed by atoms with Crippen LogP contribution in [0.15, 0.2) is 0 Å². The molecule has 0 aromatic heterocycles. The van der Waals surface area contributed by atoms with E-state index >= 15 is 0 Å². The summed E-state index contributed by atoms with van der Waals surface area (Å²) >= 11 is 0. The first-order valence-electron chi connectivity index (χ1n) is 5.63. The molecule has 1 aliphatic rings. The van der Waals surface area contributed by atoms with Crippen LogP contribution in [0.5, 0.6) is 0 Å². The molecule has 0 aliphatic carbocycles. The summed E-state index contributed by atoms with van der Waals surface area (Å²) in [5.41, 5.74) is 0. The molecule has 1 fully saturated rings. The zero-order valence-electron chi connectivity index (χ0n) is 9.79. The van der Waals surface area contributed by atoms with Gasteiger partial charge in [0.25, 0.3) is 0 Å². The third-order valence-electron chi connectivity index (χ3n) is 2.65. The van der Waals surface area contributed by atoms with Crippen molar-refractivity contribution in [2.45, 2.75) is 19.5 Å². The van der Waals surface area contributed by atoms with E-state index in [1.807, 2.05) is 6.92 Å². The van der Waals surface area contributed by atoms with Gasteiger partial charge < -0.3 is 14.5 Å². The summed E-state index contributed by atoms with van der Waals surface area (Å²) in [6, 6.07) is 0. The summed E-state index contributed by atoms with van der Waals surface area (Å²) in [5, 5.41) is 0. The highest BCUT2D eigenvalue weighted by Gasteiger charge is 2.31. The van der Waals surface area contributed by atoms with E-state index in [0.29, 0.717) is 19.6 Å². The molecule has 0 aromatic carbocycles. The molecular formula is C10H17F3N2O2. The second kappa shape index (κ2) is 6.09. The fourth-order valence-corrected chi connectivity index (χ4v) is 1.70. The maximum Gasteiger partial charge on any atom is 0.422 e. The van der Waals surface area contributed by atoms with E-state index in [1.54, 1.807) is 0 Å². The van der Waals surface area contributed by atoms with Crippen molar-refractivity contribution in [1.29, 1.82) is 0 Å². The average molecular weight is 254 g/mol. The molecule has 1 rings (SSSR count). The lowest BCUT2D eigenvalue weighted by molar-refractivity contribution is -0.162. The van der Waals surface area contributed by atoms with Crippen molar-refractivity contribution in [2.75, 3.05) is 39.3 Å². The van der Waals surface area contributed by atoms with Crippen molar-refractivity contribution in [2.24, 2.45) is 0 Å². The van der Waals surface area contributed by atoms with Crippen LogP contribution in [0.2, 0.25) is 0 Å². The minimum atomic E-state index is -4.46. The summed E-state index contributed by atoms with van der Waals surface area (Å²) in [4.78, 5) is 14.9. The monoisotopic (exact) mass is 254 g/mol. The van der Waals surface area contributed by atoms with E-state index in [4.69, 9.17) is 0 Å². The molecule has 17 heavy (non-hydrogen) atoms. The van der Waals surface area contributed by atoms with Gasteiger partial charge in [-0.05, 0) is 19.5 Å². The smallest absolute Gasteiger partial charge is 0.422 e. The number of halogens is 3. The van der Waals surface area contributed by atoms with Crippen LogP contribution < -0.4 is 0 Å². The minimum Gasteiger partial charge on any atom is -0.440 e. The number of hydrogen-bond acceptors (Lipinski definition) is 3. The summed E-state index contributed by atoms with van der Waals surface area (Å²) < 4.78 is 39.8. The second-order valence-corrected chi connectivity index (χ2v) is 3.94. The van der Waals surface area contributed by atoms with Crippen LogP contribution in [-0.4, -0.2) is 61.4 Å². The van der Waals surface area contributed by atoms with Gasteiger partial charge in [0.1, 0.15) is 0 Å². The van der Waals surface area contributed by atoms with Crippen molar-refractivity contribution in [3.05, 3.63) is 0 Å². The molecule has 0 N–H and O–H groups in total. The van der Waals surface area contributed by atoms with Crippen molar-refractivity contribution in [3.63, 3.8) is 0 Å². The number of hydrogen-bond donors (Lipinski definition) is 0. The number of carbonyl (C=O) groups excluding carboxylic acids is 1. The van der Waals surface area contributed by atoms with Crippen LogP contribution in [0, 0.1) is 0 Å². The topological polar surface area (TPSA) is 32.8 Å². The molecule has 4 nitrogen and oxygen atoms in total. The number of amides is 1. The highest BCUT2D eigenvalue weighted by Crippen LogP contribution is 2.15. The van der Waals surface area contributed by atoms with Gasteiger partial charge in [0.05, 0.1) is 0 Å². The third kappa shape index (κ3) is 5.25. The second-order valence-electron chi connectivity index (χ2n) is 3.94. The van der Waals surface area contributed by atoms with E-state index in [0.717, 1.165) is 19.5 Å². The number of ether oxygens (including phenoxy) is 1. The van der Waals surface area contributed by atoms with Gasteiger partial charge in [-0.2, -0.15) is 13.2 Å². The van der Waals surface area contributed by atoms with Crippen LogP contribution >= 0.6 is 0 Å². The number of likely N-dealkylation sites (N-methyl/N-ethyl adjacent to an activating group) is 1. The van der Waals surface area contributed by atoms with Gasteiger partial charge in [0.2, 0.25) is 0 Å². The van der Waals surface area contributed by atoms with E-state index in [1.165, 1.54) is 4.90 Å². The molecule has 0 radical (unpaired) electrons. The zero-order chi connectivity index (χ0) is 12.9. The first kappa shape index (κ1) is 14.1. The lowest BCUT2D eigenvalue weighted by atomic mass is 10.4. The van der Waals surface area contributed by atoms with Gasteiger partial charge in [-0.15, -0.1) is 0 Å². The Bertz CT molecular complexity index is 258. The van der Waals surface area contributed by atoms with Gasteiger partial charge in [0.15, 0.2) is 6.61 Å². The standard InChI is InChI=1S/C10H17F3N2O2/c1-2-14-4-3-5-15(7-6-14)9(16)17-8-10(11,12)13/h2-8H2,1H3. The molecule has 0 spiro atoms. The lowest BCUT2D eigenvalue weighted by Gasteiger charge is -2.21. The molecule has 0 bridgehead atoms. The summed E-state index contributed by atoms with van der Waals surface area (Å²) in [6.07, 6.45) is -4.58. The van der Waals surface area contributed by atoms with Crippen LogP contribution in [-0.2, 0) is 4.74 Å². The molecular weight excluding hydrogens is 237 g/mol. The number of alkyl halides is 3. The Kier molecular flexibility index (Phi) is 5.04. The van der Waals surface area contributed by atoms with E-state index in [-0.39, 0.29) is 0 Å². The highest BCUT2D eigenvalue weighted by molar-refractivity contribution is 5.67. The van der Waals surface area contributed by atoms with Crippen molar-refractivity contribution >= 4 is 6.09 Å². The van der Waals surface area contributed by atoms with Gasteiger partial charge in [-0.25, -0.2) is 4.79 Å². The Hall–Kier alpha value is -0.980. The van der Waals surface area contributed by atoms with Gasteiger partial charge in [0, 0.05) is 19.6 Å². The largest absolute Gasteiger partial charge is 0.440 e. The molecule has 1 saturated heterocycles. The molecule has 100 valence electrons. The van der Waals surface area contributed by atoms with Gasteiger partial charge >= 0.3 is 12.3 Å². The van der Waals surface area contributed by atoms with Gasteiger partial charge in [-0.1, -0.05) is 6.92 Å². The Morgan fingerprint density at radius 3 is 2.53 bits per heavy atom. The highest BCUT2D eigenvalue weighted by atomic mass is 19.4. The van der Waals surface area contributed by atoms with E-state index < -0.39 is 18.9 Å². The van der Waals surface area contributed by atoms with E-state index in [2.05, 4.69) is 9.64 Å². The fraction of sp³-hybridized carbons (Fsp3) is 0.900. The number of carbonyl (C=O) groups is 1. The summed E-state index contributed by atoms with van der Waals surface area (Å²) in [7, 11) is 0. The predicted molar refractivity (Wildman–Crippen MR) is 55.7 cm³/mol. The molecule has 1 heterocycles. The van der Waals surface area contributed by atoms with Crippen molar-refractivity contribution in [1.82, 2.24) is 9.80 Å². The molecule has 0 saturated carbocycles. The SMILES string of the molecule is CCN1CCCN(C(=O)OCC(F)(F)F)CC1. The zero-order valence-corrected chi connectivity index (χ0v) is 9.79. The minimum absolute atomic E-state index is 0.421. The molecule has 0 aromatic rings. The first-order valence-corrected chi connectivity index (χ1v) is 5.63. The Labute approximate surface area is 98.3 Å². The van der Waals surface area contributed by atoms with Gasteiger partial charge in [-0.3, -0.25) is 0 Å². The Morgan fingerprint density at radius 1 is 1.24 bits per heavy atom. The number of nitrogens with zero attached hydrogens (tertiary/aromatic N) is 2. The number of rotatable bonds is 2. The predicted octanol–water partition coefficient (Wildman–Crippen LogP) is 1.71. The normalized spacial score (nSPS) is 18.9. The first-order chi connectivity index (χ1) is 7.92. The molecule has 0 unspecified atom stereocenters. The molecule has 7 heteroatoms. The quantitative estimate of drug-likeness (QED) is 0.752. The molecule has 1 aliphatic heterocycles. The third-order valence-corrected chi connectivity index (χ3v) is 2.65. The fourth-order valence-electron chi connectivity index (χ4n) is 1.70. The van der Waals surface area contributed by atoms with Crippen molar-refractivity contribution < 1.29 is 22.7 Å². The lowest BCUT2D eigenvalue weighted by Crippen LogP contribution is -2.37. The summed E-state index contributed by atoms with van der Waals surface area (Å²) in [6.45, 7) is 3.79. The van der Waals surface area contributed by atoms with Crippen LogP contribution in [0.3, 0.4) is 0 Å². The summed E-state index contributed by atoms with van der Waals surface area (Å²) in [5.74, 6) is 0. The van der Waals surface area contributed by atoms with Crippen molar-refractivity contribution in [3.8, 4) is 0 Å². The molecule has 1 amide bonds. The Morgan fingerprint density at radius 2 is 1.94 bits per heavy atom.